The number of primary amides is 1. The van der Waals surface area contributed by atoms with Gasteiger partial charge in [-0.2, -0.15) is 0 Å². The smallest absolute Gasteiger partial charge is 0.219 e. The first kappa shape index (κ1) is 17.1. The van der Waals surface area contributed by atoms with Crippen LogP contribution in [-0.4, -0.2) is 35.1 Å². The van der Waals surface area contributed by atoms with Gasteiger partial charge in [0, 0.05) is 30.6 Å². The number of carbonyl (C=O) groups excluding carboxylic acids is 1. The van der Waals surface area contributed by atoms with Gasteiger partial charge in [-0.05, 0) is 38.2 Å². The minimum atomic E-state index is -0.291. The van der Waals surface area contributed by atoms with Gasteiger partial charge in [0.1, 0.15) is 16.5 Å². The number of nitrogens with zero attached hydrogens (tertiary/aromatic N) is 2. The zero-order valence-electron chi connectivity index (χ0n) is 14.2. The summed E-state index contributed by atoms with van der Waals surface area (Å²) in [7, 11) is 0. The number of nitrogens with two attached hydrogens (primary N) is 1. The molecule has 0 aromatic carbocycles. The van der Waals surface area contributed by atoms with Crippen LogP contribution in [0.3, 0.4) is 0 Å². The summed E-state index contributed by atoms with van der Waals surface area (Å²) >= 11 is 1.70. The number of aryl methyl sites for hydroxylation is 2. The van der Waals surface area contributed by atoms with Gasteiger partial charge in [-0.3, -0.25) is 4.79 Å². The number of hydrogen-bond donors (Lipinski definition) is 2. The van der Waals surface area contributed by atoms with E-state index in [0.29, 0.717) is 12.3 Å². The third-order valence-corrected chi connectivity index (χ3v) is 5.66. The zero-order valence-corrected chi connectivity index (χ0v) is 15.0. The molecule has 130 valence electrons. The van der Waals surface area contributed by atoms with Crippen LogP contribution in [-0.2, 0) is 16.0 Å². The predicted molar refractivity (Wildman–Crippen MR) is 96.3 cm³/mol. The maximum atomic E-state index is 11.5. The van der Waals surface area contributed by atoms with Crippen LogP contribution in [0, 0.1) is 12.8 Å². The van der Waals surface area contributed by atoms with Crippen molar-refractivity contribution in [2.75, 3.05) is 18.5 Å². The number of hydrogen-bond acceptors (Lipinski definition) is 6. The van der Waals surface area contributed by atoms with E-state index in [1.807, 2.05) is 6.92 Å². The molecule has 0 aliphatic carbocycles. The van der Waals surface area contributed by atoms with Crippen molar-refractivity contribution in [2.24, 2.45) is 11.7 Å². The Morgan fingerprint density at radius 2 is 2.21 bits per heavy atom. The highest BCUT2D eigenvalue weighted by Gasteiger charge is 2.26. The Labute approximate surface area is 145 Å². The van der Waals surface area contributed by atoms with Gasteiger partial charge in [-0.15, -0.1) is 11.3 Å². The monoisotopic (exact) mass is 348 g/mol. The van der Waals surface area contributed by atoms with Crippen molar-refractivity contribution >= 4 is 33.3 Å². The van der Waals surface area contributed by atoms with E-state index in [0.717, 1.165) is 54.3 Å². The Morgan fingerprint density at radius 1 is 1.46 bits per heavy atom. The van der Waals surface area contributed by atoms with Crippen LogP contribution in [0.4, 0.5) is 5.82 Å². The SMILES string of the molecule is CCc1cc2c(NC(CC(N)=O)C3CCOCC3)nc(C)nc2s1. The quantitative estimate of drug-likeness (QED) is 0.837. The van der Waals surface area contributed by atoms with E-state index in [4.69, 9.17) is 10.5 Å². The minimum Gasteiger partial charge on any atom is -0.381 e. The van der Waals surface area contributed by atoms with E-state index < -0.39 is 0 Å². The third-order valence-electron chi connectivity index (χ3n) is 4.48. The number of rotatable bonds is 6. The lowest BCUT2D eigenvalue weighted by molar-refractivity contribution is -0.118. The van der Waals surface area contributed by atoms with Gasteiger partial charge in [0.25, 0.3) is 0 Å². The summed E-state index contributed by atoms with van der Waals surface area (Å²) in [5.74, 6) is 1.62. The molecule has 1 amide bonds. The lowest BCUT2D eigenvalue weighted by Gasteiger charge is -2.30. The molecule has 1 saturated heterocycles. The molecule has 0 bridgehead atoms. The summed E-state index contributed by atoms with van der Waals surface area (Å²) in [6.07, 6.45) is 3.15. The number of anilines is 1. The number of amides is 1. The lowest BCUT2D eigenvalue weighted by atomic mass is 9.89. The predicted octanol–water partition coefficient (Wildman–Crippen LogP) is 2.64. The number of fused-ring (bicyclic) bond motifs is 1. The van der Waals surface area contributed by atoms with Gasteiger partial charge >= 0.3 is 0 Å². The van der Waals surface area contributed by atoms with Crippen LogP contribution >= 0.6 is 11.3 Å². The molecule has 24 heavy (non-hydrogen) atoms. The molecule has 0 spiro atoms. The second kappa shape index (κ2) is 7.44. The molecular formula is C17H24N4O2S. The first-order chi connectivity index (χ1) is 11.6. The van der Waals surface area contributed by atoms with Gasteiger partial charge in [0.2, 0.25) is 5.91 Å². The van der Waals surface area contributed by atoms with E-state index in [2.05, 4.69) is 28.3 Å². The van der Waals surface area contributed by atoms with E-state index in [9.17, 15) is 4.79 Å². The summed E-state index contributed by atoms with van der Waals surface area (Å²) in [5, 5.41) is 4.53. The Bertz CT molecular complexity index is 725. The highest BCUT2D eigenvalue weighted by atomic mass is 32.1. The Balaban J connectivity index is 1.91. The average Bonchev–Trinajstić information content (AvgIpc) is 2.97. The van der Waals surface area contributed by atoms with Crippen molar-refractivity contribution in [2.45, 2.75) is 45.6 Å². The molecule has 2 aromatic rings. The second-order valence-electron chi connectivity index (χ2n) is 6.28. The molecule has 1 aliphatic heterocycles. The van der Waals surface area contributed by atoms with Crippen LogP contribution < -0.4 is 11.1 Å². The summed E-state index contributed by atoms with van der Waals surface area (Å²) in [6.45, 7) is 5.50. The molecule has 1 fully saturated rings. The molecule has 2 aromatic heterocycles. The second-order valence-corrected chi connectivity index (χ2v) is 7.39. The molecule has 7 heteroatoms. The Kier molecular flexibility index (Phi) is 5.30. The molecule has 1 atom stereocenters. The molecule has 0 radical (unpaired) electrons. The number of thiophene rings is 1. The first-order valence-electron chi connectivity index (χ1n) is 8.46. The summed E-state index contributed by atoms with van der Waals surface area (Å²) in [4.78, 5) is 23.0. The normalized spacial score (nSPS) is 17.1. The highest BCUT2D eigenvalue weighted by molar-refractivity contribution is 7.18. The number of carbonyl (C=O) groups is 1. The number of nitrogens with one attached hydrogen (secondary N) is 1. The highest BCUT2D eigenvalue weighted by Crippen LogP contribution is 2.31. The first-order valence-corrected chi connectivity index (χ1v) is 9.28. The van der Waals surface area contributed by atoms with Crippen LogP contribution in [0.15, 0.2) is 6.07 Å². The van der Waals surface area contributed by atoms with Crippen molar-refractivity contribution in [1.82, 2.24) is 9.97 Å². The van der Waals surface area contributed by atoms with Crippen molar-refractivity contribution in [1.29, 1.82) is 0 Å². The Hall–Kier alpha value is -1.73. The average molecular weight is 348 g/mol. The fourth-order valence-electron chi connectivity index (χ4n) is 3.21. The summed E-state index contributed by atoms with van der Waals surface area (Å²) in [6, 6.07) is 2.13. The number of ether oxygens (including phenoxy) is 1. The minimum absolute atomic E-state index is 0.0196. The largest absolute Gasteiger partial charge is 0.381 e. The van der Waals surface area contributed by atoms with Gasteiger partial charge in [-0.1, -0.05) is 6.92 Å². The van der Waals surface area contributed by atoms with Gasteiger partial charge in [0.15, 0.2) is 0 Å². The van der Waals surface area contributed by atoms with E-state index in [1.165, 1.54) is 4.88 Å². The van der Waals surface area contributed by atoms with E-state index in [1.54, 1.807) is 11.3 Å². The molecule has 1 aliphatic rings. The topological polar surface area (TPSA) is 90.1 Å². The molecule has 3 heterocycles. The Morgan fingerprint density at radius 3 is 2.88 bits per heavy atom. The van der Waals surface area contributed by atoms with Gasteiger partial charge in [-0.25, -0.2) is 9.97 Å². The van der Waals surface area contributed by atoms with Gasteiger partial charge in [0.05, 0.1) is 5.39 Å². The van der Waals surface area contributed by atoms with Crippen LogP contribution in [0.25, 0.3) is 10.2 Å². The van der Waals surface area contributed by atoms with Crippen molar-refractivity contribution in [3.63, 3.8) is 0 Å². The molecule has 3 N–H and O–H groups in total. The van der Waals surface area contributed by atoms with Crippen molar-refractivity contribution < 1.29 is 9.53 Å². The van der Waals surface area contributed by atoms with E-state index >= 15 is 0 Å². The van der Waals surface area contributed by atoms with Crippen LogP contribution in [0.5, 0.6) is 0 Å². The molecular weight excluding hydrogens is 324 g/mol. The molecule has 0 saturated carbocycles. The molecule has 1 unspecified atom stereocenters. The standard InChI is InChI=1S/C17H24N4O2S/c1-3-12-8-13-16(19-10(2)20-17(13)24-12)21-14(9-15(18)22)11-4-6-23-7-5-11/h8,11,14H,3-7,9H2,1-2H3,(H2,18,22)(H,19,20,21). The van der Waals surface area contributed by atoms with Crippen molar-refractivity contribution in [3.8, 4) is 0 Å². The maximum Gasteiger partial charge on any atom is 0.219 e. The fraction of sp³-hybridized carbons (Fsp3) is 0.588. The van der Waals surface area contributed by atoms with Crippen LogP contribution in [0.1, 0.15) is 36.9 Å². The van der Waals surface area contributed by atoms with E-state index in [-0.39, 0.29) is 11.9 Å². The van der Waals surface area contributed by atoms with Crippen molar-refractivity contribution in [3.05, 3.63) is 16.8 Å². The maximum absolute atomic E-state index is 11.5. The van der Waals surface area contributed by atoms with Gasteiger partial charge < -0.3 is 15.8 Å². The van der Waals surface area contributed by atoms with Crippen LogP contribution in [0.2, 0.25) is 0 Å². The molecule has 3 rings (SSSR count). The zero-order chi connectivity index (χ0) is 17.1. The molecule has 6 nitrogen and oxygen atoms in total. The number of aromatic nitrogens is 2. The summed E-state index contributed by atoms with van der Waals surface area (Å²) in [5.41, 5.74) is 5.48. The lowest BCUT2D eigenvalue weighted by Crippen LogP contribution is -2.37. The summed E-state index contributed by atoms with van der Waals surface area (Å²) < 4.78 is 5.44. The fourth-order valence-corrected chi connectivity index (χ4v) is 4.22. The third kappa shape index (κ3) is 3.84.